The van der Waals surface area contributed by atoms with Crippen molar-refractivity contribution in [3.8, 4) is 11.1 Å². The Labute approximate surface area is 263 Å². The van der Waals surface area contributed by atoms with Crippen molar-refractivity contribution in [3.05, 3.63) is 82.4 Å². The normalized spacial score (nSPS) is 14.3. The number of hydrogen-bond acceptors (Lipinski definition) is 9. The number of aromatic nitrogens is 1. The lowest BCUT2D eigenvalue weighted by Gasteiger charge is -2.23. The van der Waals surface area contributed by atoms with Crippen LogP contribution in [0.4, 0.5) is 11.4 Å². The van der Waals surface area contributed by atoms with Gasteiger partial charge in [-0.3, -0.25) is 4.55 Å². The molecule has 1 aliphatic rings. The lowest BCUT2D eigenvalue weighted by molar-refractivity contribution is -0.677. The third-order valence-electron chi connectivity index (χ3n) is 7.03. The first-order valence-electron chi connectivity index (χ1n) is 13.5. The van der Waals surface area contributed by atoms with Gasteiger partial charge in [-0.1, -0.05) is 64.6 Å². The van der Waals surface area contributed by atoms with Gasteiger partial charge in [0, 0.05) is 43.4 Å². The standard InChI is InChI=1S/C29H29Cl2N3O7S2/c1-2-32-24-17-22(30)23(31)18-25(24)33(13-7-15-43(36,37)38)28(32)19-29-34(12-6-14-42-41-40-35)26-16-21(10-11-27(26)39-29)20-8-4-3-5-9-20/h3-5,8-11,16-19H,2,6-7,12-15H2,1H3,(H-,35,36,37,38)/p+1. The van der Waals surface area contributed by atoms with E-state index in [9.17, 15) is 13.0 Å². The number of fused-ring (bicyclic) bond motifs is 2. The van der Waals surface area contributed by atoms with Crippen molar-refractivity contribution >= 4 is 73.9 Å². The first kappa shape index (κ1) is 31.6. The minimum absolute atomic E-state index is 0.179. The zero-order valence-corrected chi connectivity index (χ0v) is 26.3. The Bertz CT molecular complexity index is 1730. The van der Waals surface area contributed by atoms with E-state index in [1.807, 2.05) is 60.4 Å². The van der Waals surface area contributed by atoms with Crippen molar-refractivity contribution in [2.45, 2.75) is 26.3 Å². The molecule has 0 spiro atoms. The van der Waals surface area contributed by atoms with Crippen molar-refractivity contribution < 1.29 is 36.6 Å². The van der Waals surface area contributed by atoms with Crippen LogP contribution in [-0.4, -0.2) is 42.8 Å². The van der Waals surface area contributed by atoms with Crippen LogP contribution in [0.2, 0.25) is 10.0 Å². The topological polar surface area (TPSA) is 117 Å². The fourth-order valence-electron chi connectivity index (χ4n) is 5.18. The molecule has 0 aliphatic carbocycles. The first-order chi connectivity index (χ1) is 20.7. The summed E-state index contributed by atoms with van der Waals surface area (Å²) in [6.07, 6.45) is 2.76. The number of oxazole rings is 1. The van der Waals surface area contributed by atoms with Crippen LogP contribution in [0.3, 0.4) is 0 Å². The molecule has 4 aromatic rings. The van der Waals surface area contributed by atoms with Crippen LogP contribution in [0.5, 0.6) is 0 Å². The van der Waals surface area contributed by atoms with Crippen LogP contribution in [0.15, 0.2) is 70.9 Å². The quantitative estimate of drug-likeness (QED) is 0.0383. The van der Waals surface area contributed by atoms with Gasteiger partial charge in [0.2, 0.25) is 5.58 Å². The Hall–Kier alpha value is -2.81. The molecule has 2 heterocycles. The number of nitrogens with zero attached hydrogens (tertiary/aromatic N) is 3. The Morgan fingerprint density at radius 2 is 1.72 bits per heavy atom. The fraction of sp³-hybridized carbons (Fsp3) is 0.276. The zero-order valence-electron chi connectivity index (χ0n) is 23.2. The molecule has 0 atom stereocenters. The van der Waals surface area contributed by atoms with E-state index in [1.165, 1.54) is 0 Å². The number of halogens is 2. The average molecular weight is 668 g/mol. The smallest absolute Gasteiger partial charge is 0.377 e. The van der Waals surface area contributed by atoms with Gasteiger partial charge in [0.05, 0.1) is 33.2 Å². The average Bonchev–Trinajstić information content (AvgIpc) is 3.46. The molecule has 2 N–H and O–H groups in total. The Morgan fingerprint density at radius 1 is 1.00 bits per heavy atom. The molecule has 0 fully saturated rings. The zero-order chi connectivity index (χ0) is 30.6. The van der Waals surface area contributed by atoms with E-state index in [0.717, 1.165) is 45.9 Å². The van der Waals surface area contributed by atoms with Crippen molar-refractivity contribution in [2.75, 3.05) is 34.4 Å². The van der Waals surface area contributed by atoms with Gasteiger partial charge in [0.25, 0.3) is 15.6 Å². The minimum atomic E-state index is -4.14. The Morgan fingerprint density at radius 3 is 2.40 bits per heavy atom. The van der Waals surface area contributed by atoms with Gasteiger partial charge in [-0.15, -0.1) is 4.33 Å². The molecule has 5 rings (SSSR count). The molecule has 1 aromatic heterocycles. The van der Waals surface area contributed by atoms with E-state index >= 15 is 0 Å². The van der Waals surface area contributed by atoms with Crippen molar-refractivity contribution in [1.29, 1.82) is 0 Å². The van der Waals surface area contributed by atoms with E-state index in [-0.39, 0.29) is 12.2 Å². The van der Waals surface area contributed by atoms with E-state index in [4.69, 9.17) is 32.9 Å². The predicted octanol–water partition coefficient (Wildman–Crippen LogP) is 7.08. The second kappa shape index (κ2) is 13.9. The summed E-state index contributed by atoms with van der Waals surface area (Å²) in [6, 6.07) is 19.6. The molecule has 0 radical (unpaired) electrons. The number of benzene rings is 3. The van der Waals surface area contributed by atoms with Gasteiger partial charge in [0.15, 0.2) is 6.54 Å². The number of aryl methyl sites for hydroxylation is 1. The number of hydrogen-bond donors (Lipinski definition) is 2. The molecule has 228 valence electrons. The molecule has 0 bridgehead atoms. The maximum atomic E-state index is 11.5. The van der Waals surface area contributed by atoms with E-state index in [0.29, 0.717) is 53.3 Å². The summed E-state index contributed by atoms with van der Waals surface area (Å²) in [5.74, 6) is 1.47. The second-order valence-corrected chi connectivity index (χ2v) is 12.9. The SMILES string of the molecule is CCN1C(=Cc2oc3ccc(-c4ccccc4)cc3[n+]2CCCSOOO)N(CCCS(=O)(=O)O)c2cc(Cl)c(Cl)cc21. The fourth-order valence-corrected chi connectivity index (χ4v) is 6.34. The summed E-state index contributed by atoms with van der Waals surface area (Å²) in [6.45, 7) is 3.44. The lowest BCUT2D eigenvalue weighted by Crippen LogP contribution is -2.37. The van der Waals surface area contributed by atoms with E-state index in [2.05, 4.69) is 24.9 Å². The highest BCUT2D eigenvalue weighted by atomic mass is 35.5. The molecule has 3 aromatic carbocycles. The van der Waals surface area contributed by atoms with E-state index in [1.54, 1.807) is 12.1 Å². The summed E-state index contributed by atoms with van der Waals surface area (Å²) in [4.78, 5) is 4.02. The summed E-state index contributed by atoms with van der Waals surface area (Å²) in [5.41, 5.74) is 5.28. The van der Waals surface area contributed by atoms with Crippen LogP contribution >= 0.6 is 35.2 Å². The molecule has 0 saturated carbocycles. The Kier molecular flexibility index (Phi) is 10.2. The molecule has 10 nitrogen and oxygen atoms in total. The summed E-state index contributed by atoms with van der Waals surface area (Å²) < 4.78 is 45.4. The highest BCUT2D eigenvalue weighted by molar-refractivity contribution is 7.94. The lowest BCUT2D eigenvalue weighted by atomic mass is 10.1. The van der Waals surface area contributed by atoms with Gasteiger partial charge >= 0.3 is 5.89 Å². The van der Waals surface area contributed by atoms with Crippen molar-refractivity contribution in [1.82, 2.24) is 0 Å². The maximum absolute atomic E-state index is 11.5. The first-order valence-corrected chi connectivity index (χ1v) is 16.8. The summed E-state index contributed by atoms with van der Waals surface area (Å²) in [5, 5.41) is 13.0. The van der Waals surface area contributed by atoms with Crippen molar-refractivity contribution in [3.63, 3.8) is 0 Å². The Balaban J connectivity index is 1.60. The van der Waals surface area contributed by atoms with Crippen LogP contribution in [-0.2, 0) is 26.0 Å². The molecule has 43 heavy (non-hydrogen) atoms. The third kappa shape index (κ3) is 7.30. The molecular weight excluding hydrogens is 637 g/mol. The monoisotopic (exact) mass is 666 g/mol. The van der Waals surface area contributed by atoms with Crippen molar-refractivity contribution in [2.24, 2.45) is 0 Å². The minimum Gasteiger partial charge on any atom is -0.398 e. The number of anilines is 2. The van der Waals surface area contributed by atoms with Crippen LogP contribution in [0.25, 0.3) is 28.3 Å². The molecule has 0 unspecified atom stereocenters. The summed E-state index contributed by atoms with van der Waals surface area (Å²) >= 11 is 13.8. The van der Waals surface area contributed by atoms with Gasteiger partial charge in [-0.05, 0) is 42.7 Å². The van der Waals surface area contributed by atoms with Crippen LogP contribution < -0.4 is 14.4 Å². The predicted molar refractivity (Wildman–Crippen MR) is 170 cm³/mol. The van der Waals surface area contributed by atoms with Crippen LogP contribution in [0.1, 0.15) is 25.7 Å². The highest BCUT2D eigenvalue weighted by Crippen LogP contribution is 2.46. The maximum Gasteiger partial charge on any atom is 0.377 e. The summed E-state index contributed by atoms with van der Waals surface area (Å²) in [7, 11) is -4.14. The molecule has 0 saturated heterocycles. The van der Waals surface area contributed by atoms with E-state index < -0.39 is 10.1 Å². The van der Waals surface area contributed by atoms with Gasteiger partial charge in [-0.2, -0.15) is 13.0 Å². The molecule has 14 heteroatoms. The van der Waals surface area contributed by atoms with Gasteiger partial charge in [-0.25, -0.2) is 5.26 Å². The second-order valence-electron chi connectivity index (χ2n) is 9.75. The third-order valence-corrected chi connectivity index (χ3v) is 9.17. The number of rotatable bonds is 13. The largest absolute Gasteiger partial charge is 0.398 e. The molecule has 0 amide bonds. The van der Waals surface area contributed by atoms with Crippen LogP contribution in [0, 0.1) is 0 Å². The van der Waals surface area contributed by atoms with Gasteiger partial charge < -0.3 is 14.2 Å². The highest BCUT2D eigenvalue weighted by Gasteiger charge is 2.34. The molecular formula is C29H30Cl2N3O7S2+. The molecule has 1 aliphatic heterocycles. The van der Waals surface area contributed by atoms with Gasteiger partial charge in [0.1, 0.15) is 5.82 Å².